The molecule has 1 saturated heterocycles. The van der Waals surface area contributed by atoms with E-state index in [0.29, 0.717) is 5.41 Å². The molecule has 2 aliphatic rings. The number of pyridine rings is 1. The van der Waals surface area contributed by atoms with E-state index in [9.17, 15) is 0 Å². The van der Waals surface area contributed by atoms with Crippen LogP contribution in [0.3, 0.4) is 0 Å². The van der Waals surface area contributed by atoms with E-state index in [-0.39, 0.29) is 6.47 Å². The van der Waals surface area contributed by atoms with Gasteiger partial charge < -0.3 is 5.11 Å². The van der Waals surface area contributed by atoms with Crippen molar-refractivity contribution in [3.05, 3.63) is 29.0 Å². The molecule has 1 aliphatic heterocycles. The lowest BCUT2D eigenvalue weighted by Crippen LogP contribution is -2.25. The summed E-state index contributed by atoms with van der Waals surface area (Å²) in [7, 11) is 0. The average molecular weight is 297 g/mol. The summed E-state index contributed by atoms with van der Waals surface area (Å²) < 4.78 is 0. The van der Waals surface area contributed by atoms with E-state index in [1.165, 1.54) is 50.8 Å². The largest absolute Gasteiger partial charge is 0.483 e. The summed E-state index contributed by atoms with van der Waals surface area (Å²) in [5.74, 6) is 0. The molecule has 0 amide bonds. The van der Waals surface area contributed by atoms with Crippen molar-refractivity contribution >= 4 is 18.1 Å². The van der Waals surface area contributed by atoms with Crippen LogP contribution in [-0.4, -0.2) is 34.6 Å². The molecule has 20 heavy (non-hydrogen) atoms. The van der Waals surface area contributed by atoms with Crippen LogP contribution in [0.5, 0.6) is 0 Å². The molecule has 0 radical (unpaired) electrons. The Hall–Kier alpha value is -1.13. The maximum atomic E-state index is 8.36. The molecule has 3 rings (SSSR count). The zero-order valence-corrected chi connectivity index (χ0v) is 12.4. The van der Waals surface area contributed by atoms with Crippen molar-refractivity contribution in [2.75, 3.05) is 13.1 Å². The SMILES string of the molecule is Clc1ccncc1CN1CCC2(CCCC2)C1.O=CO. The number of likely N-dealkylation sites (tertiary alicyclic amines) is 1. The van der Waals surface area contributed by atoms with Gasteiger partial charge in [-0.2, -0.15) is 0 Å². The molecule has 0 bridgehead atoms. The molecule has 2 heterocycles. The first kappa shape index (κ1) is 15.3. The minimum atomic E-state index is -0.250. The minimum Gasteiger partial charge on any atom is -0.483 e. The summed E-state index contributed by atoms with van der Waals surface area (Å²) in [4.78, 5) is 15.1. The number of nitrogens with zero attached hydrogens (tertiary/aromatic N) is 2. The molecule has 1 aromatic heterocycles. The van der Waals surface area contributed by atoms with Gasteiger partial charge in [0, 0.05) is 36.1 Å². The normalized spacial score (nSPS) is 20.6. The van der Waals surface area contributed by atoms with Crippen molar-refractivity contribution in [3.63, 3.8) is 0 Å². The Bertz CT molecular complexity index is 447. The summed E-state index contributed by atoms with van der Waals surface area (Å²) >= 11 is 6.19. The average Bonchev–Trinajstić information content (AvgIpc) is 3.04. The van der Waals surface area contributed by atoms with Gasteiger partial charge in [-0.15, -0.1) is 0 Å². The predicted molar refractivity (Wildman–Crippen MR) is 78.7 cm³/mol. The highest BCUT2D eigenvalue weighted by atomic mass is 35.5. The Labute approximate surface area is 124 Å². The molecular formula is C15H21ClN2O2. The number of carboxylic acid groups (broad SMARTS) is 1. The molecule has 1 spiro atoms. The summed E-state index contributed by atoms with van der Waals surface area (Å²) in [5, 5.41) is 7.74. The highest BCUT2D eigenvalue weighted by Gasteiger charge is 2.39. The van der Waals surface area contributed by atoms with Crippen LogP contribution in [0.25, 0.3) is 0 Å². The molecule has 4 nitrogen and oxygen atoms in total. The first-order chi connectivity index (χ1) is 9.69. The topological polar surface area (TPSA) is 53.4 Å². The molecule has 1 N–H and O–H groups in total. The fourth-order valence-corrected chi connectivity index (χ4v) is 3.63. The van der Waals surface area contributed by atoms with Gasteiger partial charge in [-0.3, -0.25) is 14.7 Å². The molecular weight excluding hydrogens is 276 g/mol. The van der Waals surface area contributed by atoms with E-state index in [0.717, 1.165) is 11.6 Å². The van der Waals surface area contributed by atoms with Crippen molar-refractivity contribution < 1.29 is 9.90 Å². The van der Waals surface area contributed by atoms with Gasteiger partial charge in [-0.25, -0.2) is 0 Å². The number of halogens is 1. The van der Waals surface area contributed by atoms with Crippen molar-refractivity contribution in [3.8, 4) is 0 Å². The summed E-state index contributed by atoms with van der Waals surface area (Å²) in [6, 6.07) is 1.89. The van der Waals surface area contributed by atoms with Crippen LogP contribution in [0.1, 0.15) is 37.7 Å². The maximum absolute atomic E-state index is 8.36. The van der Waals surface area contributed by atoms with Gasteiger partial charge in [-0.05, 0) is 37.3 Å². The third kappa shape index (κ3) is 3.70. The molecule has 0 atom stereocenters. The molecule has 1 saturated carbocycles. The third-order valence-corrected chi connectivity index (χ3v) is 4.79. The van der Waals surface area contributed by atoms with Gasteiger partial charge in [0.1, 0.15) is 0 Å². The lowest BCUT2D eigenvalue weighted by molar-refractivity contribution is -0.122. The molecule has 1 aliphatic carbocycles. The van der Waals surface area contributed by atoms with Crippen molar-refractivity contribution in [2.24, 2.45) is 5.41 Å². The van der Waals surface area contributed by atoms with E-state index < -0.39 is 0 Å². The number of aromatic nitrogens is 1. The van der Waals surface area contributed by atoms with Crippen LogP contribution in [0.4, 0.5) is 0 Å². The van der Waals surface area contributed by atoms with Crippen molar-refractivity contribution in [1.29, 1.82) is 0 Å². The van der Waals surface area contributed by atoms with E-state index in [4.69, 9.17) is 21.5 Å². The van der Waals surface area contributed by atoms with Crippen LogP contribution in [0, 0.1) is 5.41 Å². The van der Waals surface area contributed by atoms with Crippen LogP contribution < -0.4 is 0 Å². The van der Waals surface area contributed by atoms with E-state index in [1.54, 1.807) is 6.20 Å². The highest BCUT2D eigenvalue weighted by Crippen LogP contribution is 2.45. The second-order valence-corrected chi connectivity index (χ2v) is 6.15. The summed E-state index contributed by atoms with van der Waals surface area (Å²) in [6.07, 6.45) is 10.8. The zero-order chi connectivity index (χ0) is 14.4. The quantitative estimate of drug-likeness (QED) is 0.852. The van der Waals surface area contributed by atoms with Crippen LogP contribution in [-0.2, 0) is 11.3 Å². The fraction of sp³-hybridized carbons (Fsp3) is 0.600. The third-order valence-electron chi connectivity index (χ3n) is 4.42. The summed E-state index contributed by atoms with van der Waals surface area (Å²) in [5.41, 5.74) is 1.82. The highest BCUT2D eigenvalue weighted by molar-refractivity contribution is 6.31. The molecule has 2 fully saturated rings. The van der Waals surface area contributed by atoms with Crippen molar-refractivity contribution in [2.45, 2.75) is 38.6 Å². The summed E-state index contributed by atoms with van der Waals surface area (Å²) in [6.45, 7) is 3.21. The zero-order valence-electron chi connectivity index (χ0n) is 11.6. The maximum Gasteiger partial charge on any atom is 0.290 e. The Morgan fingerprint density at radius 2 is 2.10 bits per heavy atom. The first-order valence-electron chi connectivity index (χ1n) is 7.08. The van der Waals surface area contributed by atoms with Crippen LogP contribution in [0.15, 0.2) is 18.5 Å². The molecule has 0 aromatic carbocycles. The molecule has 5 heteroatoms. The van der Waals surface area contributed by atoms with Gasteiger partial charge in [0.25, 0.3) is 6.47 Å². The van der Waals surface area contributed by atoms with Gasteiger partial charge >= 0.3 is 0 Å². The van der Waals surface area contributed by atoms with E-state index in [1.807, 2.05) is 12.3 Å². The monoisotopic (exact) mass is 296 g/mol. The minimum absolute atomic E-state index is 0.250. The number of hydrogen-bond donors (Lipinski definition) is 1. The smallest absolute Gasteiger partial charge is 0.290 e. The second-order valence-electron chi connectivity index (χ2n) is 5.74. The molecule has 1 aromatic rings. The Kier molecular flexibility index (Phi) is 5.38. The van der Waals surface area contributed by atoms with Crippen LogP contribution >= 0.6 is 11.6 Å². The van der Waals surface area contributed by atoms with Gasteiger partial charge in [0.15, 0.2) is 0 Å². The first-order valence-corrected chi connectivity index (χ1v) is 7.45. The van der Waals surface area contributed by atoms with Gasteiger partial charge in [-0.1, -0.05) is 24.4 Å². The standard InChI is InChI=1S/C14H19ClN2.CH2O2/c15-13-3-7-16-9-12(13)10-17-8-6-14(11-17)4-1-2-5-14;2-1-3/h3,7,9H,1-2,4-6,8,10-11H2;1H,(H,2,3). The van der Waals surface area contributed by atoms with E-state index in [2.05, 4.69) is 9.88 Å². The molecule has 110 valence electrons. The fourth-order valence-electron chi connectivity index (χ4n) is 3.46. The lowest BCUT2D eigenvalue weighted by Gasteiger charge is -2.23. The second kappa shape index (κ2) is 7.04. The number of rotatable bonds is 2. The molecule has 0 unspecified atom stereocenters. The predicted octanol–water partition coefficient (Wildman–Crippen LogP) is 3.20. The lowest BCUT2D eigenvalue weighted by atomic mass is 9.86. The van der Waals surface area contributed by atoms with Crippen molar-refractivity contribution in [1.82, 2.24) is 9.88 Å². The van der Waals surface area contributed by atoms with Gasteiger partial charge in [0.2, 0.25) is 0 Å². The number of hydrogen-bond acceptors (Lipinski definition) is 3. The Balaban J connectivity index is 0.000000452. The van der Waals surface area contributed by atoms with E-state index >= 15 is 0 Å². The Morgan fingerprint density at radius 1 is 1.40 bits per heavy atom. The van der Waals surface area contributed by atoms with Crippen LogP contribution in [0.2, 0.25) is 5.02 Å². The van der Waals surface area contributed by atoms with Gasteiger partial charge in [0.05, 0.1) is 0 Å². The number of carbonyl (C=O) groups is 1. The Morgan fingerprint density at radius 3 is 2.75 bits per heavy atom.